The number of carbonyl (C=O) groups is 2. The van der Waals surface area contributed by atoms with Gasteiger partial charge in [-0.25, -0.2) is 8.42 Å². The van der Waals surface area contributed by atoms with Gasteiger partial charge in [0.2, 0.25) is 0 Å². The van der Waals surface area contributed by atoms with Crippen molar-refractivity contribution < 1.29 is 18.0 Å². The van der Waals surface area contributed by atoms with Gasteiger partial charge in [-0.05, 0) is 75.7 Å². The fourth-order valence-electron chi connectivity index (χ4n) is 3.47. The summed E-state index contributed by atoms with van der Waals surface area (Å²) < 4.78 is 28.3. The fourth-order valence-corrected chi connectivity index (χ4v) is 4.55. The lowest BCUT2D eigenvalue weighted by Crippen LogP contribution is -2.30. The molecule has 7 nitrogen and oxygen atoms in total. The molecule has 0 heterocycles. The molecule has 0 spiro atoms. The van der Waals surface area contributed by atoms with Crippen molar-refractivity contribution in [2.24, 2.45) is 0 Å². The van der Waals surface area contributed by atoms with Gasteiger partial charge in [0.15, 0.2) is 0 Å². The van der Waals surface area contributed by atoms with Gasteiger partial charge >= 0.3 is 0 Å². The third kappa shape index (κ3) is 5.82. The lowest BCUT2D eigenvalue weighted by molar-refractivity contribution is 0.0772. The highest BCUT2D eigenvalue weighted by Crippen LogP contribution is 2.21. The van der Waals surface area contributed by atoms with E-state index in [1.165, 1.54) is 12.1 Å². The molecule has 8 heteroatoms. The first-order valence-electron chi connectivity index (χ1n) is 11.1. The molecule has 0 aromatic heterocycles. The van der Waals surface area contributed by atoms with Crippen molar-refractivity contribution in [3.63, 3.8) is 0 Å². The zero-order valence-electron chi connectivity index (χ0n) is 19.8. The van der Waals surface area contributed by atoms with Crippen molar-refractivity contribution in [3.05, 3.63) is 89.0 Å². The number of hydrogen-bond donors (Lipinski definition) is 2. The summed E-state index contributed by atoms with van der Waals surface area (Å²) >= 11 is 0. The first-order chi connectivity index (χ1) is 16.1. The van der Waals surface area contributed by atoms with Crippen LogP contribution >= 0.6 is 0 Å². The number of rotatable bonds is 8. The molecular weight excluding hydrogens is 450 g/mol. The van der Waals surface area contributed by atoms with Crippen LogP contribution in [0.15, 0.2) is 71.6 Å². The molecule has 0 unspecified atom stereocenters. The predicted octanol–water partition coefficient (Wildman–Crippen LogP) is 4.84. The van der Waals surface area contributed by atoms with E-state index in [0.717, 1.165) is 5.56 Å². The number of hydrogen-bond acceptors (Lipinski definition) is 4. The molecular formula is C26H29N3O4S. The minimum Gasteiger partial charge on any atom is -0.339 e. The Bertz CT molecular complexity index is 1300. The van der Waals surface area contributed by atoms with Crippen molar-refractivity contribution in [1.29, 1.82) is 0 Å². The molecule has 0 fully saturated rings. The third-order valence-corrected chi connectivity index (χ3v) is 6.86. The van der Waals surface area contributed by atoms with Crippen LogP contribution in [0.25, 0.3) is 0 Å². The summed E-state index contributed by atoms with van der Waals surface area (Å²) in [5, 5.41) is 2.78. The molecule has 0 aliphatic heterocycles. The van der Waals surface area contributed by atoms with E-state index in [0.29, 0.717) is 35.6 Å². The average molecular weight is 480 g/mol. The first kappa shape index (κ1) is 25.0. The standard InChI is InChI=1S/C26H29N3O4S/c1-5-29(6-2)26(31)20-8-7-9-22(16-20)27-25(30)24-17-23(15-12-19(24)4)34(32,33)28-21-13-10-18(3)11-14-21/h7-17,28H,5-6H2,1-4H3,(H,27,30). The van der Waals surface area contributed by atoms with E-state index in [9.17, 15) is 18.0 Å². The second-order valence-electron chi connectivity index (χ2n) is 7.96. The van der Waals surface area contributed by atoms with Gasteiger partial charge in [0.25, 0.3) is 21.8 Å². The lowest BCUT2D eigenvalue weighted by Gasteiger charge is -2.19. The van der Waals surface area contributed by atoms with Crippen LogP contribution in [-0.2, 0) is 10.0 Å². The Morgan fingerprint density at radius 2 is 1.53 bits per heavy atom. The Morgan fingerprint density at radius 1 is 0.853 bits per heavy atom. The van der Waals surface area contributed by atoms with Gasteiger partial charge in [-0.1, -0.05) is 29.8 Å². The highest BCUT2D eigenvalue weighted by atomic mass is 32.2. The second kappa shape index (κ2) is 10.5. The largest absolute Gasteiger partial charge is 0.339 e. The summed E-state index contributed by atoms with van der Waals surface area (Å²) in [6.07, 6.45) is 0. The van der Waals surface area contributed by atoms with Crippen LogP contribution < -0.4 is 10.0 Å². The van der Waals surface area contributed by atoms with E-state index in [1.54, 1.807) is 54.3 Å². The molecule has 3 rings (SSSR count). The molecule has 0 bridgehead atoms. The highest BCUT2D eigenvalue weighted by Gasteiger charge is 2.19. The van der Waals surface area contributed by atoms with Crippen molar-refractivity contribution in [1.82, 2.24) is 4.90 Å². The number of benzene rings is 3. The third-order valence-electron chi connectivity index (χ3n) is 5.49. The van der Waals surface area contributed by atoms with Gasteiger partial charge < -0.3 is 10.2 Å². The van der Waals surface area contributed by atoms with Gasteiger partial charge in [0, 0.05) is 35.6 Å². The number of carbonyl (C=O) groups excluding carboxylic acids is 2. The monoisotopic (exact) mass is 479 g/mol. The Labute approximate surface area is 200 Å². The fraction of sp³-hybridized carbons (Fsp3) is 0.231. The summed E-state index contributed by atoms with van der Waals surface area (Å²) in [7, 11) is -3.89. The molecule has 0 radical (unpaired) electrons. The summed E-state index contributed by atoms with van der Waals surface area (Å²) in [5.74, 6) is -0.579. The van der Waals surface area contributed by atoms with E-state index in [1.807, 2.05) is 32.9 Å². The van der Waals surface area contributed by atoms with Crippen LogP contribution in [0.3, 0.4) is 0 Å². The zero-order valence-corrected chi connectivity index (χ0v) is 20.6. The minimum atomic E-state index is -3.89. The number of amides is 2. The lowest BCUT2D eigenvalue weighted by atomic mass is 10.1. The molecule has 0 aliphatic carbocycles. The highest BCUT2D eigenvalue weighted by molar-refractivity contribution is 7.92. The van der Waals surface area contributed by atoms with E-state index in [-0.39, 0.29) is 16.4 Å². The Morgan fingerprint density at radius 3 is 2.18 bits per heavy atom. The SMILES string of the molecule is CCN(CC)C(=O)c1cccc(NC(=O)c2cc(S(=O)(=O)Nc3ccc(C)cc3)ccc2C)c1. The van der Waals surface area contributed by atoms with Crippen molar-refractivity contribution in [2.75, 3.05) is 23.1 Å². The normalized spacial score (nSPS) is 11.1. The summed E-state index contributed by atoms with van der Waals surface area (Å²) in [6.45, 7) is 8.64. The average Bonchev–Trinajstić information content (AvgIpc) is 2.81. The molecule has 0 aliphatic rings. The molecule has 0 saturated heterocycles. The zero-order chi connectivity index (χ0) is 24.9. The number of nitrogens with zero attached hydrogens (tertiary/aromatic N) is 1. The smallest absolute Gasteiger partial charge is 0.261 e. The topological polar surface area (TPSA) is 95.6 Å². The van der Waals surface area contributed by atoms with Crippen LogP contribution in [0, 0.1) is 13.8 Å². The quantitative estimate of drug-likeness (QED) is 0.483. The molecule has 34 heavy (non-hydrogen) atoms. The van der Waals surface area contributed by atoms with Crippen LogP contribution in [0.5, 0.6) is 0 Å². The van der Waals surface area contributed by atoms with Gasteiger partial charge in [0.05, 0.1) is 4.90 Å². The van der Waals surface area contributed by atoms with E-state index in [4.69, 9.17) is 0 Å². The maximum atomic E-state index is 13.0. The number of anilines is 2. The predicted molar refractivity (Wildman–Crippen MR) is 135 cm³/mol. The number of aryl methyl sites for hydroxylation is 2. The van der Waals surface area contributed by atoms with Crippen LogP contribution in [-0.4, -0.2) is 38.2 Å². The molecule has 0 saturated carbocycles. The van der Waals surface area contributed by atoms with Crippen molar-refractivity contribution >= 4 is 33.2 Å². The van der Waals surface area contributed by atoms with Crippen LogP contribution in [0.4, 0.5) is 11.4 Å². The molecule has 3 aromatic rings. The van der Waals surface area contributed by atoms with Crippen molar-refractivity contribution in [3.8, 4) is 0 Å². The Kier molecular flexibility index (Phi) is 7.73. The van der Waals surface area contributed by atoms with Crippen molar-refractivity contribution in [2.45, 2.75) is 32.6 Å². The second-order valence-corrected chi connectivity index (χ2v) is 9.64. The first-order valence-corrected chi connectivity index (χ1v) is 12.5. The van der Waals surface area contributed by atoms with E-state index >= 15 is 0 Å². The molecule has 3 aromatic carbocycles. The molecule has 178 valence electrons. The Balaban J connectivity index is 1.83. The molecule has 2 amide bonds. The maximum Gasteiger partial charge on any atom is 0.261 e. The molecule has 2 N–H and O–H groups in total. The minimum absolute atomic E-state index is 0.0192. The van der Waals surface area contributed by atoms with Gasteiger partial charge in [-0.2, -0.15) is 0 Å². The van der Waals surface area contributed by atoms with Gasteiger partial charge in [0.1, 0.15) is 0 Å². The molecule has 0 atom stereocenters. The maximum absolute atomic E-state index is 13.0. The summed E-state index contributed by atoms with van der Waals surface area (Å²) in [5.41, 5.74) is 3.23. The van der Waals surface area contributed by atoms with Crippen LogP contribution in [0.2, 0.25) is 0 Å². The number of nitrogens with one attached hydrogen (secondary N) is 2. The summed E-state index contributed by atoms with van der Waals surface area (Å²) in [6, 6.07) is 18.1. The Hall–Kier alpha value is -3.65. The van der Waals surface area contributed by atoms with Crippen LogP contribution in [0.1, 0.15) is 45.7 Å². The number of sulfonamides is 1. The van der Waals surface area contributed by atoms with Gasteiger partial charge in [-0.15, -0.1) is 0 Å². The summed E-state index contributed by atoms with van der Waals surface area (Å²) in [4.78, 5) is 27.3. The van der Waals surface area contributed by atoms with E-state index in [2.05, 4.69) is 10.0 Å². The van der Waals surface area contributed by atoms with Gasteiger partial charge in [-0.3, -0.25) is 14.3 Å². The van der Waals surface area contributed by atoms with E-state index < -0.39 is 15.9 Å².